The van der Waals surface area contributed by atoms with Gasteiger partial charge < -0.3 is 0 Å². The molecule has 0 saturated carbocycles. The third-order valence-electron chi connectivity index (χ3n) is 4.27. The van der Waals surface area contributed by atoms with Gasteiger partial charge in [-0.3, -0.25) is 9.80 Å². The Balaban J connectivity index is 2.40. The van der Waals surface area contributed by atoms with Gasteiger partial charge in [-0.15, -0.1) is 0 Å². The van der Waals surface area contributed by atoms with Crippen molar-refractivity contribution in [3.8, 4) is 0 Å². The van der Waals surface area contributed by atoms with E-state index in [1.807, 2.05) is 0 Å². The van der Waals surface area contributed by atoms with Crippen LogP contribution in [0.3, 0.4) is 0 Å². The molecule has 0 N–H and O–H groups in total. The van der Waals surface area contributed by atoms with Crippen LogP contribution >= 0.6 is 0 Å². The first kappa shape index (κ1) is 16.0. The molecule has 1 saturated heterocycles. The van der Waals surface area contributed by atoms with Crippen molar-refractivity contribution < 1.29 is 0 Å². The molecule has 2 heteroatoms. The summed E-state index contributed by atoms with van der Waals surface area (Å²) in [6.07, 6.45) is 9.06. The first-order chi connectivity index (χ1) is 8.57. The molecular weight excluding hydrogens is 220 g/mol. The summed E-state index contributed by atoms with van der Waals surface area (Å²) in [4.78, 5) is 5.39. The van der Waals surface area contributed by atoms with E-state index in [1.54, 1.807) is 0 Å². The first-order valence-corrected chi connectivity index (χ1v) is 8.09. The van der Waals surface area contributed by atoms with Gasteiger partial charge >= 0.3 is 0 Å². The van der Waals surface area contributed by atoms with E-state index in [1.165, 1.54) is 51.6 Å². The lowest BCUT2D eigenvalue weighted by Crippen LogP contribution is -2.44. The molecule has 108 valence electrons. The lowest BCUT2D eigenvalue weighted by Gasteiger charge is -2.35. The smallest absolute Gasteiger partial charge is 0.0627 e. The maximum Gasteiger partial charge on any atom is 0.0627 e. The zero-order valence-electron chi connectivity index (χ0n) is 13.3. The second kappa shape index (κ2) is 8.16. The summed E-state index contributed by atoms with van der Waals surface area (Å²) in [7, 11) is 0. The Labute approximate surface area is 115 Å². The molecule has 1 heterocycles. The van der Waals surface area contributed by atoms with E-state index in [2.05, 4.69) is 44.4 Å². The Hall–Kier alpha value is -0.0800. The van der Waals surface area contributed by atoms with E-state index in [4.69, 9.17) is 0 Å². The molecule has 1 aliphatic rings. The molecule has 1 rings (SSSR count). The van der Waals surface area contributed by atoms with Gasteiger partial charge in [0.05, 0.1) is 6.17 Å². The summed E-state index contributed by atoms with van der Waals surface area (Å²) < 4.78 is 0. The highest BCUT2D eigenvalue weighted by Crippen LogP contribution is 2.24. The van der Waals surface area contributed by atoms with Crippen LogP contribution in [0.25, 0.3) is 0 Å². The summed E-state index contributed by atoms with van der Waals surface area (Å²) in [6, 6.07) is 1.38. The van der Waals surface area contributed by atoms with E-state index < -0.39 is 0 Å². The van der Waals surface area contributed by atoms with Gasteiger partial charge in [0.1, 0.15) is 0 Å². The van der Waals surface area contributed by atoms with Gasteiger partial charge in [-0.05, 0) is 34.1 Å². The third kappa shape index (κ3) is 4.55. The van der Waals surface area contributed by atoms with Crippen molar-refractivity contribution in [3.63, 3.8) is 0 Å². The molecule has 0 aromatic carbocycles. The Morgan fingerprint density at radius 2 is 1.33 bits per heavy atom. The van der Waals surface area contributed by atoms with E-state index in [9.17, 15) is 0 Å². The minimum absolute atomic E-state index is 0.689. The minimum atomic E-state index is 0.689. The van der Waals surface area contributed by atoms with E-state index >= 15 is 0 Å². The highest BCUT2D eigenvalue weighted by atomic mass is 15.4. The highest BCUT2D eigenvalue weighted by Gasteiger charge is 2.33. The average molecular weight is 254 g/mol. The Bertz CT molecular complexity index is 197. The Morgan fingerprint density at radius 3 is 1.78 bits per heavy atom. The maximum absolute atomic E-state index is 2.69. The number of hydrogen-bond acceptors (Lipinski definition) is 2. The summed E-state index contributed by atoms with van der Waals surface area (Å²) in [5, 5.41) is 0. The Morgan fingerprint density at radius 1 is 0.833 bits per heavy atom. The number of hydrogen-bond donors (Lipinski definition) is 0. The summed E-state index contributed by atoms with van der Waals surface area (Å²) in [6.45, 7) is 14.2. The summed E-state index contributed by atoms with van der Waals surface area (Å²) in [5.74, 6) is 0. The van der Waals surface area contributed by atoms with Crippen molar-refractivity contribution in [3.05, 3.63) is 0 Å². The SMILES string of the molecule is CCCCCCCC1N(C(C)C)CCN1C(C)C. The van der Waals surface area contributed by atoms with Crippen LogP contribution in [0, 0.1) is 0 Å². The van der Waals surface area contributed by atoms with Gasteiger partial charge in [0.25, 0.3) is 0 Å². The van der Waals surface area contributed by atoms with Crippen molar-refractivity contribution in [2.45, 2.75) is 91.4 Å². The van der Waals surface area contributed by atoms with Crippen molar-refractivity contribution >= 4 is 0 Å². The van der Waals surface area contributed by atoms with Crippen LogP contribution in [0.4, 0.5) is 0 Å². The Kier molecular flexibility index (Phi) is 7.25. The van der Waals surface area contributed by atoms with Crippen LogP contribution < -0.4 is 0 Å². The predicted molar refractivity (Wildman–Crippen MR) is 80.8 cm³/mol. The lowest BCUT2D eigenvalue weighted by molar-refractivity contribution is 0.0799. The first-order valence-electron chi connectivity index (χ1n) is 8.09. The van der Waals surface area contributed by atoms with Crippen molar-refractivity contribution in [1.29, 1.82) is 0 Å². The molecule has 0 amide bonds. The van der Waals surface area contributed by atoms with E-state index in [0.29, 0.717) is 18.2 Å². The van der Waals surface area contributed by atoms with Crippen molar-refractivity contribution in [2.24, 2.45) is 0 Å². The molecule has 0 radical (unpaired) electrons. The fourth-order valence-corrected chi connectivity index (χ4v) is 3.19. The standard InChI is InChI=1S/C16H34N2/c1-6-7-8-9-10-11-16-17(14(2)3)12-13-18(16)15(4)5/h14-16H,6-13H2,1-5H3. The van der Waals surface area contributed by atoms with Crippen LogP contribution in [-0.2, 0) is 0 Å². The van der Waals surface area contributed by atoms with Gasteiger partial charge in [-0.1, -0.05) is 39.0 Å². The lowest BCUT2D eigenvalue weighted by atomic mass is 10.1. The molecule has 1 fully saturated rings. The van der Waals surface area contributed by atoms with Crippen LogP contribution in [0.5, 0.6) is 0 Å². The number of unbranched alkanes of at least 4 members (excludes halogenated alkanes) is 4. The zero-order valence-corrected chi connectivity index (χ0v) is 13.3. The normalized spacial score (nSPS) is 19.5. The topological polar surface area (TPSA) is 6.48 Å². The van der Waals surface area contributed by atoms with Crippen molar-refractivity contribution in [2.75, 3.05) is 13.1 Å². The molecule has 0 aromatic heterocycles. The third-order valence-corrected chi connectivity index (χ3v) is 4.27. The van der Waals surface area contributed by atoms with Gasteiger partial charge in [-0.2, -0.15) is 0 Å². The van der Waals surface area contributed by atoms with Gasteiger partial charge in [0.15, 0.2) is 0 Å². The molecule has 1 aliphatic heterocycles. The van der Waals surface area contributed by atoms with Crippen LogP contribution in [0.15, 0.2) is 0 Å². The molecule has 2 nitrogen and oxygen atoms in total. The van der Waals surface area contributed by atoms with Gasteiger partial charge in [0, 0.05) is 25.2 Å². The second-order valence-electron chi connectivity index (χ2n) is 6.35. The van der Waals surface area contributed by atoms with Crippen LogP contribution in [0.1, 0.15) is 73.1 Å². The van der Waals surface area contributed by atoms with Crippen molar-refractivity contribution in [1.82, 2.24) is 9.80 Å². The molecule has 0 bridgehead atoms. The van der Waals surface area contributed by atoms with E-state index in [-0.39, 0.29) is 0 Å². The quantitative estimate of drug-likeness (QED) is 0.602. The molecule has 0 aliphatic carbocycles. The maximum atomic E-state index is 2.69. The molecule has 18 heavy (non-hydrogen) atoms. The number of nitrogens with zero attached hydrogens (tertiary/aromatic N) is 2. The predicted octanol–water partition coefficient (Wildman–Crippen LogP) is 4.11. The minimum Gasteiger partial charge on any atom is -0.284 e. The second-order valence-corrected chi connectivity index (χ2v) is 6.35. The fraction of sp³-hybridized carbons (Fsp3) is 1.00. The van der Waals surface area contributed by atoms with Gasteiger partial charge in [0.2, 0.25) is 0 Å². The monoisotopic (exact) mass is 254 g/mol. The summed E-state index contributed by atoms with van der Waals surface area (Å²) in [5.41, 5.74) is 0. The summed E-state index contributed by atoms with van der Waals surface area (Å²) >= 11 is 0. The molecular formula is C16H34N2. The molecule has 0 unspecified atom stereocenters. The van der Waals surface area contributed by atoms with Gasteiger partial charge in [-0.25, -0.2) is 0 Å². The number of rotatable bonds is 8. The molecule has 0 atom stereocenters. The average Bonchev–Trinajstić information content (AvgIpc) is 2.72. The van der Waals surface area contributed by atoms with Crippen LogP contribution in [-0.4, -0.2) is 41.1 Å². The largest absolute Gasteiger partial charge is 0.284 e. The fourth-order valence-electron chi connectivity index (χ4n) is 3.19. The van der Waals surface area contributed by atoms with E-state index in [0.717, 1.165) is 0 Å². The van der Waals surface area contributed by atoms with Crippen LogP contribution in [0.2, 0.25) is 0 Å². The highest BCUT2D eigenvalue weighted by molar-refractivity contribution is 4.85. The molecule has 0 aromatic rings. The zero-order chi connectivity index (χ0) is 13.5. The molecule has 0 spiro atoms.